The van der Waals surface area contributed by atoms with Gasteiger partial charge in [0, 0.05) is 29.6 Å². The van der Waals surface area contributed by atoms with Crippen molar-refractivity contribution < 1.29 is 5.11 Å². The number of aromatic nitrogens is 2. The van der Waals surface area contributed by atoms with Crippen LogP contribution in [0.4, 0.5) is 0 Å². The largest absolute Gasteiger partial charge is 0.396 e. The Morgan fingerprint density at radius 3 is 2.80 bits per heavy atom. The van der Waals surface area contributed by atoms with Gasteiger partial charge in [0.25, 0.3) is 0 Å². The Balaban J connectivity index is 2.12. The summed E-state index contributed by atoms with van der Waals surface area (Å²) >= 11 is 6.01. The van der Waals surface area contributed by atoms with Gasteiger partial charge in [-0.05, 0) is 37.1 Å². The Kier molecular flexibility index (Phi) is 5.21. The summed E-state index contributed by atoms with van der Waals surface area (Å²) in [6.07, 6.45) is 3.79. The average Bonchev–Trinajstić information content (AvgIpc) is 2.92. The quantitative estimate of drug-likeness (QED) is 0.879. The van der Waals surface area contributed by atoms with Crippen molar-refractivity contribution in [2.45, 2.75) is 38.6 Å². The summed E-state index contributed by atoms with van der Waals surface area (Å²) in [6.45, 7) is 4.39. The van der Waals surface area contributed by atoms with E-state index in [1.165, 1.54) is 0 Å². The monoisotopic (exact) mass is 292 g/mol. The van der Waals surface area contributed by atoms with Gasteiger partial charge in [-0.1, -0.05) is 30.7 Å². The van der Waals surface area contributed by atoms with Gasteiger partial charge in [0.05, 0.1) is 12.3 Å². The van der Waals surface area contributed by atoms with E-state index >= 15 is 0 Å². The van der Waals surface area contributed by atoms with E-state index in [-0.39, 0.29) is 12.5 Å². The van der Waals surface area contributed by atoms with Crippen molar-refractivity contribution in [1.82, 2.24) is 9.78 Å². The molecule has 0 fully saturated rings. The van der Waals surface area contributed by atoms with Gasteiger partial charge in [0.1, 0.15) is 0 Å². The summed E-state index contributed by atoms with van der Waals surface area (Å²) in [5.74, 6) is 0.0361. The Morgan fingerprint density at radius 1 is 1.35 bits per heavy atom. The molecule has 20 heavy (non-hydrogen) atoms. The van der Waals surface area contributed by atoms with E-state index in [1.807, 2.05) is 41.2 Å². The number of aliphatic hydroxyl groups is 1. The van der Waals surface area contributed by atoms with Gasteiger partial charge < -0.3 is 5.11 Å². The first-order valence-electron chi connectivity index (χ1n) is 7.04. The van der Waals surface area contributed by atoms with Crippen LogP contribution in [-0.4, -0.2) is 21.5 Å². The van der Waals surface area contributed by atoms with Crippen LogP contribution in [0.2, 0.25) is 5.02 Å². The third-order valence-corrected chi connectivity index (χ3v) is 3.94. The number of hydrogen-bond donors (Lipinski definition) is 1. The molecule has 2 atom stereocenters. The second-order valence-corrected chi connectivity index (χ2v) is 5.62. The predicted molar refractivity (Wildman–Crippen MR) is 82.2 cm³/mol. The Labute approximate surface area is 125 Å². The van der Waals surface area contributed by atoms with Gasteiger partial charge in [0.2, 0.25) is 0 Å². The van der Waals surface area contributed by atoms with Crippen LogP contribution in [0, 0.1) is 0 Å². The van der Waals surface area contributed by atoms with E-state index in [1.54, 1.807) is 0 Å². The fourth-order valence-corrected chi connectivity index (χ4v) is 2.42. The summed E-state index contributed by atoms with van der Waals surface area (Å²) < 4.78 is 1.99. The van der Waals surface area contributed by atoms with E-state index in [0.717, 1.165) is 24.1 Å². The van der Waals surface area contributed by atoms with Crippen LogP contribution in [0.3, 0.4) is 0 Å². The maximum atomic E-state index is 9.62. The highest BCUT2D eigenvalue weighted by molar-refractivity contribution is 6.30. The van der Waals surface area contributed by atoms with Crippen molar-refractivity contribution >= 4 is 11.6 Å². The lowest BCUT2D eigenvalue weighted by Gasteiger charge is -2.14. The Bertz CT molecular complexity index is 553. The summed E-state index contributed by atoms with van der Waals surface area (Å²) in [6, 6.07) is 10.1. The molecule has 1 aromatic heterocycles. The van der Waals surface area contributed by atoms with Crippen molar-refractivity contribution in [2.24, 2.45) is 0 Å². The van der Waals surface area contributed by atoms with E-state index in [2.05, 4.69) is 18.9 Å². The Morgan fingerprint density at radius 2 is 2.15 bits per heavy atom. The molecule has 0 radical (unpaired) electrons. The van der Waals surface area contributed by atoms with Crippen LogP contribution in [0.5, 0.6) is 0 Å². The zero-order valence-electron chi connectivity index (χ0n) is 12.0. The number of halogens is 1. The number of nitrogens with zero attached hydrogens (tertiary/aromatic N) is 2. The van der Waals surface area contributed by atoms with Crippen molar-refractivity contribution in [3.63, 3.8) is 0 Å². The second kappa shape index (κ2) is 6.91. The first-order valence-corrected chi connectivity index (χ1v) is 7.42. The topological polar surface area (TPSA) is 38.0 Å². The molecule has 1 aromatic carbocycles. The highest BCUT2D eigenvalue weighted by Gasteiger charge is 2.14. The van der Waals surface area contributed by atoms with E-state index in [4.69, 9.17) is 11.6 Å². The van der Waals surface area contributed by atoms with E-state index in [0.29, 0.717) is 11.1 Å². The molecule has 2 unspecified atom stereocenters. The fraction of sp³-hybridized carbons (Fsp3) is 0.438. The summed E-state index contributed by atoms with van der Waals surface area (Å²) in [7, 11) is 0. The second-order valence-electron chi connectivity index (χ2n) is 5.18. The lowest BCUT2D eigenvalue weighted by molar-refractivity contribution is 0.263. The smallest absolute Gasteiger partial charge is 0.0631 e. The summed E-state index contributed by atoms with van der Waals surface area (Å²) in [4.78, 5) is 0. The van der Waals surface area contributed by atoms with Gasteiger partial charge in [0.15, 0.2) is 0 Å². The molecule has 2 aromatic rings. The highest BCUT2D eigenvalue weighted by Crippen LogP contribution is 2.23. The lowest BCUT2D eigenvalue weighted by Crippen LogP contribution is -2.10. The molecule has 0 spiro atoms. The van der Waals surface area contributed by atoms with Gasteiger partial charge in [-0.3, -0.25) is 4.68 Å². The number of hydrogen-bond acceptors (Lipinski definition) is 2. The molecule has 0 amide bonds. The Hall–Kier alpha value is -1.32. The molecule has 1 heterocycles. The molecule has 2 rings (SSSR count). The minimum absolute atomic E-state index is 0.0361. The van der Waals surface area contributed by atoms with E-state index in [9.17, 15) is 5.11 Å². The van der Waals surface area contributed by atoms with Crippen LogP contribution in [-0.2, 0) is 6.42 Å². The molecular weight excluding hydrogens is 272 g/mol. The molecule has 108 valence electrons. The molecule has 0 aliphatic rings. The SMILES string of the molecule is CCC(C)n1ccc(CC(CO)c2cccc(Cl)c2)n1. The number of benzene rings is 1. The lowest BCUT2D eigenvalue weighted by atomic mass is 9.95. The standard InChI is InChI=1S/C16H21ClN2O/c1-3-12(2)19-8-7-16(18-19)10-14(11-20)13-5-4-6-15(17)9-13/h4-9,12,14,20H,3,10-11H2,1-2H3. The molecule has 1 N–H and O–H groups in total. The first-order chi connectivity index (χ1) is 9.63. The molecule has 0 aliphatic heterocycles. The molecule has 3 nitrogen and oxygen atoms in total. The zero-order valence-corrected chi connectivity index (χ0v) is 12.7. The van der Waals surface area contributed by atoms with Crippen LogP contribution in [0.15, 0.2) is 36.5 Å². The summed E-state index contributed by atoms with van der Waals surface area (Å²) in [5, 5.41) is 14.9. The highest BCUT2D eigenvalue weighted by atomic mass is 35.5. The number of aliphatic hydroxyl groups excluding tert-OH is 1. The molecule has 0 aliphatic carbocycles. The van der Waals surface area contributed by atoms with Crippen LogP contribution in [0.1, 0.15) is 43.5 Å². The van der Waals surface area contributed by atoms with Gasteiger partial charge in [-0.25, -0.2) is 0 Å². The van der Waals surface area contributed by atoms with Gasteiger partial charge >= 0.3 is 0 Å². The maximum Gasteiger partial charge on any atom is 0.0631 e. The van der Waals surface area contributed by atoms with Crippen molar-refractivity contribution in [3.05, 3.63) is 52.8 Å². The fourth-order valence-electron chi connectivity index (χ4n) is 2.22. The molecule has 0 saturated heterocycles. The molecule has 0 saturated carbocycles. The molecule has 0 bridgehead atoms. The number of rotatable bonds is 6. The zero-order chi connectivity index (χ0) is 14.5. The maximum absolute atomic E-state index is 9.62. The van der Waals surface area contributed by atoms with Crippen molar-refractivity contribution in [1.29, 1.82) is 0 Å². The first kappa shape index (κ1) is 15.1. The van der Waals surface area contributed by atoms with E-state index < -0.39 is 0 Å². The average molecular weight is 293 g/mol. The minimum Gasteiger partial charge on any atom is -0.396 e. The van der Waals surface area contributed by atoms with Crippen molar-refractivity contribution in [3.8, 4) is 0 Å². The molecular formula is C16H21ClN2O. The van der Waals surface area contributed by atoms with Gasteiger partial charge in [-0.15, -0.1) is 0 Å². The van der Waals surface area contributed by atoms with Gasteiger partial charge in [-0.2, -0.15) is 5.10 Å². The molecule has 4 heteroatoms. The van der Waals surface area contributed by atoms with Crippen LogP contribution >= 0.6 is 11.6 Å². The van der Waals surface area contributed by atoms with Crippen LogP contribution < -0.4 is 0 Å². The minimum atomic E-state index is 0.0361. The third kappa shape index (κ3) is 3.62. The summed E-state index contributed by atoms with van der Waals surface area (Å²) in [5.41, 5.74) is 2.06. The van der Waals surface area contributed by atoms with Crippen LogP contribution in [0.25, 0.3) is 0 Å². The predicted octanol–water partition coefficient (Wildman–Crippen LogP) is 3.83. The normalized spacial score (nSPS) is 14.2. The third-order valence-electron chi connectivity index (χ3n) is 3.70. The van der Waals surface area contributed by atoms with Crippen molar-refractivity contribution in [2.75, 3.05) is 6.61 Å².